The number of para-hydroxylation sites is 2. The molecule has 0 atom stereocenters. The molecule has 0 aliphatic carbocycles. The van der Waals surface area contributed by atoms with Crippen LogP contribution in [-0.2, 0) is 6.18 Å². The Hall–Kier alpha value is -5.37. The zero-order valence-electron chi connectivity index (χ0n) is 21.4. The van der Waals surface area contributed by atoms with Gasteiger partial charge in [0.2, 0.25) is 0 Å². The van der Waals surface area contributed by atoms with E-state index in [2.05, 4.69) is 45.0 Å². The highest BCUT2D eigenvalue weighted by atomic mass is 19.4. The average Bonchev–Trinajstić information content (AvgIpc) is 3.71. The lowest BCUT2D eigenvalue weighted by atomic mass is 10.1. The van der Waals surface area contributed by atoms with Crippen LogP contribution >= 0.6 is 0 Å². The lowest BCUT2D eigenvalue weighted by Crippen LogP contribution is -2.07. The molecule has 8 heteroatoms. The Morgan fingerprint density at radius 2 is 1.15 bits per heavy atom. The van der Waals surface area contributed by atoms with Crippen LogP contribution in [0, 0.1) is 0 Å². The molecule has 0 radical (unpaired) electrons. The molecule has 198 valence electrons. The van der Waals surface area contributed by atoms with Crippen molar-refractivity contribution in [3.05, 3.63) is 127 Å². The molecule has 0 fully saturated rings. The highest BCUT2D eigenvalue weighted by Crippen LogP contribution is 2.38. The van der Waals surface area contributed by atoms with Gasteiger partial charge in [0.05, 0.1) is 33.3 Å². The SMILES string of the molecule is FC(F)(F)c1ccnc(-n2c3ccccc3c3ccc(-n4c5ccccc5c5ccc(-n6cccn6)cc54)cc32)c1. The van der Waals surface area contributed by atoms with Gasteiger partial charge in [-0.2, -0.15) is 18.3 Å². The maximum absolute atomic E-state index is 13.7. The molecule has 8 aromatic rings. The van der Waals surface area contributed by atoms with E-state index < -0.39 is 11.7 Å². The highest BCUT2D eigenvalue weighted by molar-refractivity contribution is 6.12. The standard InChI is InChI=1S/C33H20F3N5/c34-33(35,36)21-14-16-37-32(18-21)41-29-9-4-2-7-25(29)27-13-11-23(20-31(27)41)40-28-8-3-1-6-24(28)26-12-10-22(19-30(26)40)39-17-5-15-38-39/h1-20H. The van der Waals surface area contributed by atoms with E-state index in [0.717, 1.165) is 67.1 Å². The fourth-order valence-electron chi connectivity index (χ4n) is 5.86. The summed E-state index contributed by atoms with van der Waals surface area (Å²) in [6.07, 6.45) is 0.387. The number of rotatable bonds is 3. The number of hydrogen-bond donors (Lipinski definition) is 0. The number of pyridine rings is 1. The molecule has 4 aromatic heterocycles. The van der Waals surface area contributed by atoms with Crippen molar-refractivity contribution in [2.45, 2.75) is 6.18 Å². The summed E-state index contributed by atoms with van der Waals surface area (Å²) in [7, 11) is 0. The second-order valence-electron chi connectivity index (χ2n) is 9.96. The van der Waals surface area contributed by atoms with Gasteiger partial charge in [0.25, 0.3) is 0 Å². The van der Waals surface area contributed by atoms with Crippen molar-refractivity contribution in [3.63, 3.8) is 0 Å². The summed E-state index contributed by atoms with van der Waals surface area (Å²) in [6, 6.07) is 32.3. The highest BCUT2D eigenvalue weighted by Gasteiger charge is 2.31. The third-order valence-corrected chi connectivity index (χ3v) is 7.64. The zero-order chi connectivity index (χ0) is 27.7. The van der Waals surface area contributed by atoms with Gasteiger partial charge in [-0.05, 0) is 54.6 Å². The minimum absolute atomic E-state index is 0.214. The average molecular weight is 544 g/mol. The van der Waals surface area contributed by atoms with E-state index in [4.69, 9.17) is 0 Å². The summed E-state index contributed by atoms with van der Waals surface area (Å²) >= 11 is 0. The third kappa shape index (κ3) is 3.57. The first-order valence-electron chi connectivity index (χ1n) is 13.1. The van der Waals surface area contributed by atoms with Crippen LogP contribution in [0.4, 0.5) is 13.2 Å². The van der Waals surface area contributed by atoms with Crippen LogP contribution in [0.25, 0.3) is 60.8 Å². The van der Waals surface area contributed by atoms with Gasteiger partial charge in [0, 0.05) is 45.8 Å². The van der Waals surface area contributed by atoms with Crippen LogP contribution in [0.15, 0.2) is 122 Å². The van der Waals surface area contributed by atoms with Gasteiger partial charge in [0.15, 0.2) is 0 Å². The van der Waals surface area contributed by atoms with E-state index in [1.54, 1.807) is 6.20 Å². The van der Waals surface area contributed by atoms with Crippen molar-refractivity contribution < 1.29 is 13.2 Å². The minimum atomic E-state index is -4.48. The first-order valence-corrected chi connectivity index (χ1v) is 13.1. The Labute approximate surface area is 231 Å². The van der Waals surface area contributed by atoms with E-state index in [9.17, 15) is 13.2 Å². The fourth-order valence-corrected chi connectivity index (χ4v) is 5.86. The molecule has 0 aliphatic rings. The largest absolute Gasteiger partial charge is 0.416 e. The van der Waals surface area contributed by atoms with E-state index in [0.29, 0.717) is 0 Å². The van der Waals surface area contributed by atoms with Crippen molar-refractivity contribution in [2.24, 2.45) is 0 Å². The van der Waals surface area contributed by atoms with Gasteiger partial charge in [-0.3, -0.25) is 4.57 Å². The molecule has 41 heavy (non-hydrogen) atoms. The number of benzene rings is 4. The molecular weight excluding hydrogens is 523 g/mol. The predicted octanol–water partition coefficient (Wildman–Crippen LogP) is 8.48. The second kappa shape index (κ2) is 8.56. The van der Waals surface area contributed by atoms with Crippen molar-refractivity contribution >= 4 is 43.6 Å². The maximum Gasteiger partial charge on any atom is 0.416 e. The smallest absolute Gasteiger partial charge is 0.309 e. The van der Waals surface area contributed by atoms with Gasteiger partial charge in [0.1, 0.15) is 5.82 Å². The van der Waals surface area contributed by atoms with Gasteiger partial charge < -0.3 is 4.57 Å². The van der Waals surface area contributed by atoms with Crippen LogP contribution in [0.1, 0.15) is 5.56 Å². The lowest BCUT2D eigenvalue weighted by molar-refractivity contribution is -0.137. The molecule has 5 nitrogen and oxygen atoms in total. The molecule has 0 saturated heterocycles. The molecule has 0 saturated carbocycles. The Balaban J connectivity index is 1.44. The van der Waals surface area contributed by atoms with Crippen LogP contribution < -0.4 is 0 Å². The topological polar surface area (TPSA) is 40.6 Å². The Bertz CT molecular complexity index is 2260. The molecule has 0 unspecified atom stereocenters. The lowest BCUT2D eigenvalue weighted by Gasteiger charge is -2.12. The summed E-state index contributed by atoms with van der Waals surface area (Å²) in [5.74, 6) is 0.214. The Morgan fingerprint density at radius 1 is 0.537 bits per heavy atom. The van der Waals surface area contributed by atoms with E-state index >= 15 is 0 Å². The first-order chi connectivity index (χ1) is 20.0. The van der Waals surface area contributed by atoms with Crippen LogP contribution in [0.2, 0.25) is 0 Å². The van der Waals surface area contributed by atoms with Crippen molar-refractivity contribution in [1.29, 1.82) is 0 Å². The normalized spacial score (nSPS) is 12.3. The van der Waals surface area contributed by atoms with Gasteiger partial charge >= 0.3 is 6.18 Å². The van der Waals surface area contributed by atoms with Crippen LogP contribution in [0.5, 0.6) is 0 Å². The maximum atomic E-state index is 13.7. The predicted molar refractivity (Wildman–Crippen MR) is 155 cm³/mol. The molecular formula is C33H20F3N5. The molecule has 4 aromatic carbocycles. The third-order valence-electron chi connectivity index (χ3n) is 7.64. The van der Waals surface area contributed by atoms with Gasteiger partial charge in [-0.15, -0.1) is 0 Å². The molecule has 0 bridgehead atoms. The molecule has 0 N–H and O–H groups in total. The number of alkyl halides is 3. The van der Waals surface area contributed by atoms with E-state index in [1.807, 2.05) is 76.1 Å². The van der Waals surface area contributed by atoms with Crippen molar-refractivity contribution in [2.75, 3.05) is 0 Å². The number of nitrogens with zero attached hydrogens (tertiary/aromatic N) is 5. The van der Waals surface area contributed by atoms with Crippen LogP contribution in [-0.4, -0.2) is 23.9 Å². The molecule has 0 amide bonds. The summed E-state index contributed by atoms with van der Waals surface area (Å²) in [5, 5.41) is 8.47. The number of aromatic nitrogens is 5. The van der Waals surface area contributed by atoms with Gasteiger partial charge in [-0.1, -0.05) is 48.5 Å². The molecule has 0 aliphatic heterocycles. The van der Waals surface area contributed by atoms with Crippen molar-refractivity contribution in [3.8, 4) is 17.2 Å². The van der Waals surface area contributed by atoms with Crippen molar-refractivity contribution in [1.82, 2.24) is 23.9 Å². The minimum Gasteiger partial charge on any atom is -0.309 e. The van der Waals surface area contributed by atoms with Crippen LogP contribution in [0.3, 0.4) is 0 Å². The first kappa shape index (κ1) is 23.5. The van der Waals surface area contributed by atoms with E-state index in [-0.39, 0.29) is 5.82 Å². The zero-order valence-corrected chi connectivity index (χ0v) is 21.4. The summed E-state index contributed by atoms with van der Waals surface area (Å²) in [5.41, 5.74) is 4.66. The quantitative estimate of drug-likeness (QED) is 0.224. The molecule has 0 spiro atoms. The molecule has 4 heterocycles. The monoisotopic (exact) mass is 543 g/mol. The van der Waals surface area contributed by atoms with Gasteiger partial charge in [-0.25, -0.2) is 9.67 Å². The Morgan fingerprint density at radius 3 is 1.83 bits per heavy atom. The Kier molecular flexibility index (Phi) is 4.91. The fraction of sp³-hybridized carbons (Fsp3) is 0.0303. The summed E-state index contributed by atoms with van der Waals surface area (Å²) in [6.45, 7) is 0. The number of fused-ring (bicyclic) bond motifs is 6. The molecule has 8 rings (SSSR count). The summed E-state index contributed by atoms with van der Waals surface area (Å²) < 4.78 is 46.8. The summed E-state index contributed by atoms with van der Waals surface area (Å²) in [4.78, 5) is 4.37. The van der Waals surface area contributed by atoms with E-state index in [1.165, 1.54) is 6.20 Å². The number of hydrogen-bond acceptors (Lipinski definition) is 2. The number of halogens is 3. The second-order valence-corrected chi connectivity index (χ2v) is 9.96.